The van der Waals surface area contributed by atoms with Crippen LogP contribution >= 0.6 is 11.6 Å². The molecule has 234 valence electrons. The topological polar surface area (TPSA) is 94.6 Å². The second kappa shape index (κ2) is 12.4. The van der Waals surface area contributed by atoms with E-state index in [4.69, 9.17) is 16.3 Å². The summed E-state index contributed by atoms with van der Waals surface area (Å²) in [5.74, 6) is -2.01. The van der Waals surface area contributed by atoms with Gasteiger partial charge in [-0.25, -0.2) is 16.8 Å². The van der Waals surface area contributed by atoms with Gasteiger partial charge in [0, 0.05) is 29.2 Å². The van der Waals surface area contributed by atoms with E-state index in [1.54, 1.807) is 92.0 Å². The molecule has 6 atom stereocenters. The first kappa shape index (κ1) is 31.5. The lowest BCUT2D eigenvalue weighted by Gasteiger charge is -2.48. The van der Waals surface area contributed by atoms with Crippen LogP contribution in [0.2, 0.25) is 5.02 Å². The van der Waals surface area contributed by atoms with Gasteiger partial charge in [0.2, 0.25) is 0 Å². The van der Waals surface area contributed by atoms with E-state index in [9.17, 15) is 21.6 Å². The molecule has 0 saturated heterocycles. The van der Waals surface area contributed by atoms with E-state index < -0.39 is 53.8 Å². The maximum atomic E-state index is 14.6. The number of fused-ring (bicyclic) bond motifs is 1. The molecule has 0 N–H and O–H groups in total. The zero-order valence-corrected chi connectivity index (χ0v) is 27.4. The van der Waals surface area contributed by atoms with E-state index in [0.717, 1.165) is 16.7 Å². The van der Waals surface area contributed by atoms with E-state index in [0.29, 0.717) is 10.8 Å². The Morgan fingerprint density at radius 3 is 2.00 bits per heavy atom. The van der Waals surface area contributed by atoms with Crippen molar-refractivity contribution in [2.75, 3.05) is 7.11 Å². The van der Waals surface area contributed by atoms with Crippen molar-refractivity contribution < 1.29 is 26.4 Å². The standard InChI is InChI=1S/C36H35ClO6S2/c1-23-11-17-29(18-12-23)44(39,40)35-22-32-33(20-30(35)25-7-6-8-26(37)19-25)36(45(41,42)28-9-4-3-5-10-28)31(21-34(32)38)24-13-15-27(43-2)16-14-24/h3-19,30-33,35-36H,20-22H2,1-2H3/t30-,31-,32+,33-,35?,36?/m0/s1. The highest BCUT2D eigenvalue weighted by Crippen LogP contribution is 2.54. The molecule has 0 aliphatic heterocycles. The molecule has 6 rings (SSSR count). The zero-order valence-electron chi connectivity index (χ0n) is 25.0. The van der Waals surface area contributed by atoms with Crippen molar-refractivity contribution in [1.29, 1.82) is 0 Å². The van der Waals surface area contributed by atoms with E-state index in [2.05, 4.69) is 0 Å². The summed E-state index contributed by atoms with van der Waals surface area (Å²) in [6.07, 6.45) is 0.242. The molecule has 2 unspecified atom stereocenters. The number of Topliss-reactive ketones (excluding diaryl/α,β-unsaturated/α-hetero) is 1. The lowest BCUT2D eigenvalue weighted by Crippen LogP contribution is -2.53. The lowest BCUT2D eigenvalue weighted by molar-refractivity contribution is -0.128. The summed E-state index contributed by atoms with van der Waals surface area (Å²) in [6.45, 7) is 1.89. The SMILES string of the molecule is COc1ccc([C@@H]2CC(=O)[C@@H]3CC(S(=O)(=O)c4ccc(C)cc4)[C@H](c4cccc(Cl)c4)C[C@@H]3C2S(=O)(=O)c2ccccc2)cc1. The van der Waals surface area contributed by atoms with E-state index in [1.807, 2.05) is 25.1 Å². The van der Waals surface area contributed by atoms with E-state index >= 15 is 0 Å². The second-order valence-electron chi connectivity index (χ2n) is 12.2. The van der Waals surface area contributed by atoms with Crippen molar-refractivity contribution in [2.45, 2.75) is 58.3 Å². The number of aryl methyl sites for hydroxylation is 1. The third-order valence-corrected chi connectivity index (χ3v) is 14.4. The minimum absolute atomic E-state index is 0.00333. The summed E-state index contributed by atoms with van der Waals surface area (Å²) >= 11 is 6.42. The van der Waals surface area contributed by atoms with E-state index in [-0.39, 0.29) is 34.8 Å². The fourth-order valence-corrected chi connectivity index (χ4v) is 11.9. The number of carbonyl (C=O) groups is 1. The van der Waals surface area contributed by atoms with Crippen molar-refractivity contribution in [3.8, 4) is 5.75 Å². The summed E-state index contributed by atoms with van der Waals surface area (Å²) in [5.41, 5.74) is 2.39. The lowest BCUT2D eigenvalue weighted by atomic mass is 9.61. The van der Waals surface area contributed by atoms with Crippen molar-refractivity contribution in [2.24, 2.45) is 11.8 Å². The van der Waals surface area contributed by atoms with Crippen LogP contribution < -0.4 is 4.74 Å². The molecule has 4 aromatic carbocycles. The molecule has 2 saturated carbocycles. The summed E-state index contributed by atoms with van der Waals surface area (Å²) < 4.78 is 63.2. The van der Waals surface area contributed by atoms with Gasteiger partial charge >= 0.3 is 0 Å². The van der Waals surface area contributed by atoms with Crippen molar-refractivity contribution in [3.63, 3.8) is 0 Å². The maximum Gasteiger partial charge on any atom is 0.182 e. The number of sulfone groups is 2. The number of rotatable bonds is 7. The number of carbonyl (C=O) groups excluding carboxylic acids is 1. The van der Waals surface area contributed by atoms with Crippen LogP contribution in [0.5, 0.6) is 5.75 Å². The molecule has 2 aliphatic carbocycles. The Labute approximate surface area is 270 Å². The van der Waals surface area contributed by atoms with Gasteiger partial charge in [0.25, 0.3) is 0 Å². The summed E-state index contributed by atoms with van der Waals surface area (Å²) in [4.78, 5) is 14.4. The highest BCUT2D eigenvalue weighted by atomic mass is 35.5. The molecule has 45 heavy (non-hydrogen) atoms. The minimum atomic E-state index is -3.95. The minimum Gasteiger partial charge on any atom is -0.497 e. The van der Waals surface area contributed by atoms with Gasteiger partial charge in [0.15, 0.2) is 19.7 Å². The van der Waals surface area contributed by atoms with Gasteiger partial charge < -0.3 is 4.74 Å². The summed E-state index contributed by atoms with van der Waals surface area (Å²) in [6, 6.07) is 29.4. The highest BCUT2D eigenvalue weighted by Gasteiger charge is 2.56. The molecule has 0 bridgehead atoms. The quantitative estimate of drug-likeness (QED) is 0.208. The molecular weight excluding hydrogens is 628 g/mol. The van der Waals surface area contributed by atoms with Crippen molar-refractivity contribution in [1.82, 2.24) is 0 Å². The number of hydrogen-bond acceptors (Lipinski definition) is 6. The van der Waals surface area contributed by atoms with Crippen LogP contribution in [-0.2, 0) is 24.5 Å². The Bertz CT molecular complexity index is 1910. The molecule has 0 heterocycles. The van der Waals surface area contributed by atoms with Gasteiger partial charge in [0.05, 0.1) is 27.4 Å². The van der Waals surface area contributed by atoms with Gasteiger partial charge in [-0.15, -0.1) is 0 Å². The maximum absolute atomic E-state index is 14.6. The Morgan fingerprint density at radius 1 is 0.689 bits per heavy atom. The Kier molecular flexibility index (Phi) is 8.67. The smallest absolute Gasteiger partial charge is 0.182 e. The average molecular weight is 663 g/mol. The molecule has 0 aromatic heterocycles. The van der Waals surface area contributed by atoms with Gasteiger partial charge in [0.1, 0.15) is 11.5 Å². The number of ketones is 1. The monoisotopic (exact) mass is 662 g/mol. The molecule has 4 aromatic rings. The number of halogens is 1. The average Bonchev–Trinajstić information content (AvgIpc) is 3.04. The first-order valence-corrected chi connectivity index (χ1v) is 18.5. The van der Waals surface area contributed by atoms with Crippen LogP contribution in [0.25, 0.3) is 0 Å². The third kappa shape index (κ3) is 5.96. The second-order valence-corrected chi connectivity index (χ2v) is 16.9. The van der Waals surface area contributed by atoms with Crippen LogP contribution in [-0.4, -0.2) is 40.2 Å². The van der Waals surface area contributed by atoms with Gasteiger partial charge in [-0.05, 0) is 85.3 Å². The summed E-state index contributed by atoms with van der Waals surface area (Å²) in [7, 11) is -6.29. The largest absolute Gasteiger partial charge is 0.497 e. The Balaban J connectivity index is 1.50. The van der Waals surface area contributed by atoms with Gasteiger partial charge in [-0.3, -0.25) is 4.79 Å². The predicted octanol–water partition coefficient (Wildman–Crippen LogP) is 7.21. The van der Waals surface area contributed by atoms with Crippen molar-refractivity contribution in [3.05, 3.63) is 125 Å². The molecule has 6 nitrogen and oxygen atoms in total. The Hall–Kier alpha value is -3.46. The zero-order chi connectivity index (χ0) is 31.9. The van der Waals surface area contributed by atoms with Crippen LogP contribution in [0.4, 0.5) is 0 Å². The van der Waals surface area contributed by atoms with Crippen LogP contribution in [0.15, 0.2) is 113 Å². The van der Waals surface area contributed by atoms with Crippen LogP contribution in [0, 0.1) is 18.8 Å². The van der Waals surface area contributed by atoms with E-state index in [1.165, 1.54) is 0 Å². The molecule has 9 heteroatoms. The fourth-order valence-electron chi connectivity index (χ4n) is 7.42. The first-order valence-electron chi connectivity index (χ1n) is 15.0. The van der Waals surface area contributed by atoms with Crippen molar-refractivity contribution >= 4 is 37.1 Å². The molecule has 2 fully saturated rings. The summed E-state index contributed by atoms with van der Waals surface area (Å²) in [5, 5.41) is -1.41. The normalized spacial score (nSPS) is 25.4. The molecule has 2 aliphatic rings. The predicted molar refractivity (Wildman–Crippen MR) is 175 cm³/mol. The highest BCUT2D eigenvalue weighted by molar-refractivity contribution is 7.92. The first-order chi connectivity index (χ1) is 21.5. The molecular formula is C36H35ClO6S2. The molecule has 0 radical (unpaired) electrons. The molecule has 0 amide bonds. The van der Waals surface area contributed by atoms with Gasteiger partial charge in [-0.2, -0.15) is 0 Å². The number of hydrogen-bond donors (Lipinski definition) is 0. The molecule has 0 spiro atoms. The Morgan fingerprint density at radius 2 is 1.36 bits per heavy atom. The number of methoxy groups -OCH3 is 1. The van der Waals surface area contributed by atoms with Crippen LogP contribution in [0.3, 0.4) is 0 Å². The third-order valence-electron chi connectivity index (χ3n) is 9.63. The number of ether oxygens (including phenoxy) is 1. The fraction of sp³-hybridized carbons (Fsp3) is 0.306. The number of benzene rings is 4. The van der Waals surface area contributed by atoms with Gasteiger partial charge in [-0.1, -0.05) is 71.8 Å². The van der Waals surface area contributed by atoms with Crippen LogP contribution in [0.1, 0.15) is 47.8 Å².